The number of thiazole rings is 1. The van der Waals surface area contributed by atoms with E-state index in [1.54, 1.807) is 6.07 Å². The van der Waals surface area contributed by atoms with Gasteiger partial charge in [0.1, 0.15) is 0 Å². The fraction of sp³-hybridized carbons (Fsp3) is 0.238. The van der Waals surface area contributed by atoms with Gasteiger partial charge in [0, 0.05) is 22.2 Å². The zero-order valence-corrected chi connectivity index (χ0v) is 17.0. The topological polar surface area (TPSA) is 60.5 Å². The van der Waals surface area contributed by atoms with E-state index >= 15 is 0 Å². The highest BCUT2D eigenvalue weighted by Gasteiger charge is 2.16. The third kappa shape index (κ3) is 5.29. The molecule has 0 atom stereocenters. The minimum absolute atomic E-state index is 0.117. The number of carbonyl (C=O) groups excluding carboxylic acids is 1. The van der Waals surface area contributed by atoms with Gasteiger partial charge in [0.25, 0.3) is 0 Å². The summed E-state index contributed by atoms with van der Waals surface area (Å²) in [7, 11) is 1.35. The Morgan fingerprint density at radius 2 is 1.86 bits per heavy atom. The van der Waals surface area contributed by atoms with Crippen molar-refractivity contribution in [3.05, 3.63) is 57.9 Å². The lowest BCUT2D eigenvalue weighted by Crippen LogP contribution is -2.14. The van der Waals surface area contributed by atoms with Gasteiger partial charge in [-0.15, -0.1) is 11.3 Å². The van der Waals surface area contributed by atoms with E-state index in [-0.39, 0.29) is 23.8 Å². The van der Waals surface area contributed by atoms with Crippen molar-refractivity contribution in [1.82, 2.24) is 4.98 Å². The number of aryl methyl sites for hydroxylation is 2. The van der Waals surface area contributed by atoms with Crippen LogP contribution in [0.25, 0.3) is 11.3 Å². The van der Waals surface area contributed by atoms with Gasteiger partial charge >= 0.3 is 6.61 Å². The summed E-state index contributed by atoms with van der Waals surface area (Å²) in [6, 6.07) is 12.3. The zero-order valence-electron chi connectivity index (χ0n) is 16.2. The van der Waals surface area contributed by atoms with E-state index in [9.17, 15) is 13.6 Å². The van der Waals surface area contributed by atoms with E-state index in [1.165, 1.54) is 30.6 Å². The molecule has 1 aromatic heterocycles. The van der Waals surface area contributed by atoms with Gasteiger partial charge in [0.2, 0.25) is 5.91 Å². The molecule has 3 aromatic rings. The van der Waals surface area contributed by atoms with Crippen LogP contribution in [0.15, 0.2) is 42.5 Å². The molecule has 0 saturated heterocycles. The monoisotopic (exact) mass is 418 g/mol. The van der Waals surface area contributed by atoms with E-state index < -0.39 is 6.61 Å². The Hall–Kier alpha value is -3.00. The Labute approximate surface area is 171 Å². The van der Waals surface area contributed by atoms with Crippen LogP contribution in [-0.2, 0) is 11.2 Å². The van der Waals surface area contributed by atoms with Crippen LogP contribution in [0.5, 0.6) is 11.5 Å². The number of nitrogens with one attached hydrogen (secondary N) is 1. The van der Waals surface area contributed by atoms with Crippen LogP contribution in [0, 0.1) is 13.8 Å². The molecule has 152 valence electrons. The largest absolute Gasteiger partial charge is 0.493 e. The number of amides is 1. The summed E-state index contributed by atoms with van der Waals surface area (Å²) in [4.78, 5) is 18.0. The number of halogens is 2. The molecule has 2 aromatic carbocycles. The highest BCUT2D eigenvalue weighted by molar-refractivity contribution is 7.12. The summed E-state index contributed by atoms with van der Waals surface area (Å²) in [5, 5.41) is 3.57. The Bertz CT molecular complexity index is 1000. The number of ether oxygens (including phenoxy) is 2. The first-order chi connectivity index (χ1) is 13.9. The fourth-order valence-electron chi connectivity index (χ4n) is 2.82. The van der Waals surface area contributed by atoms with Crippen molar-refractivity contribution in [1.29, 1.82) is 0 Å². The lowest BCUT2D eigenvalue weighted by Gasteiger charge is -2.12. The standard InChI is InChI=1S/C21H20F2N2O3S/c1-12-4-6-14(7-5-12)20-18(29-13(2)24-20)11-19(26)25-15-8-9-16(27-3)17(10-15)28-21(22)23/h4-10,21H,11H2,1-3H3,(H,25,26). The second-order valence-electron chi connectivity index (χ2n) is 6.34. The number of aromatic nitrogens is 1. The molecule has 0 fully saturated rings. The summed E-state index contributed by atoms with van der Waals surface area (Å²) in [5.74, 6) is -0.271. The van der Waals surface area contributed by atoms with Crippen LogP contribution < -0.4 is 14.8 Å². The van der Waals surface area contributed by atoms with Crippen LogP contribution in [0.1, 0.15) is 15.4 Å². The number of nitrogens with zero attached hydrogens (tertiary/aromatic N) is 1. The van der Waals surface area contributed by atoms with Gasteiger partial charge < -0.3 is 14.8 Å². The number of alkyl halides is 2. The molecule has 3 rings (SSSR count). The summed E-state index contributed by atoms with van der Waals surface area (Å²) < 4.78 is 34.6. The van der Waals surface area contributed by atoms with Gasteiger partial charge in [-0.3, -0.25) is 4.79 Å². The Kier molecular flexibility index (Phi) is 6.43. The summed E-state index contributed by atoms with van der Waals surface area (Å²) in [6.07, 6.45) is 0.117. The minimum atomic E-state index is -2.99. The highest BCUT2D eigenvalue weighted by atomic mass is 32.1. The summed E-state index contributed by atoms with van der Waals surface area (Å²) in [5.41, 5.74) is 3.20. The molecular formula is C21H20F2N2O3S. The van der Waals surface area contributed by atoms with Crippen molar-refractivity contribution < 1.29 is 23.0 Å². The van der Waals surface area contributed by atoms with E-state index in [2.05, 4.69) is 15.0 Å². The van der Waals surface area contributed by atoms with E-state index in [1.807, 2.05) is 38.1 Å². The third-order valence-electron chi connectivity index (χ3n) is 4.11. The van der Waals surface area contributed by atoms with Crippen LogP contribution in [0.3, 0.4) is 0 Å². The third-order valence-corrected chi connectivity index (χ3v) is 5.08. The maximum atomic E-state index is 12.6. The average molecular weight is 418 g/mol. The van der Waals surface area contributed by atoms with E-state index in [0.29, 0.717) is 5.69 Å². The van der Waals surface area contributed by atoms with Crippen molar-refractivity contribution in [3.63, 3.8) is 0 Å². The van der Waals surface area contributed by atoms with Crippen LogP contribution in [0.2, 0.25) is 0 Å². The average Bonchev–Trinajstić information content (AvgIpc) is 3.02. The fourth-order valence-corrected chi connectivity index (χ4v) is 3.78. The molecule has 0 bridgehead atoms. The first kappa shape index (κ1) is 20.7. The number of benzene rings is 2. The quantitative estimate of drug-likeness (QED) is 0.572. The molecule has 29 heavy (non-hydrogen) atoms. The first-order valence-electron chi connectivity index (χ1n) is 8.81. The molecular weight excluding hydrogens is 398 g/mol. The van der Waals surface area contributed by atoms with Crippen molar-refractivity contribution >= 4 is 22.9 Å². The lowest BCUT2D eigenvalue weighted by molar-refractivity contribution is -0.115. The zero-order chi connectivity index (χ0) is 21.0. The SMILES string of the molecule is COc1ccc(NC(=O)Cc2sc(C)nc2-c2ccc(C)cc2)cc1OC(F)F. The van der Waals surface area contributed by atoms with Gasteiger partial charge in [-0.05, 0) is 26.0 Å². The molecule has 0 radical (unpaired) electrons. The predicted octanol–water partition coefficient (Wildman–Crippen LogP) is 5.22. The number of anilines is 1. The smallest absolute Gasteiger partial charge is 0.387 e. The van der Waals surface area contributed by atoms with Crippen molar-refractivity contribution in [2.24, 2.45) is 0 Å². The summed E-state index contributed by atoms with van der Waals surface area (Å²) >= 11 is 1.45. The molecule has 0 saturated carbocycles. The molecule has 0 aliphatic heterocycles. The highest BCUT2D eigenvalue weighted by Crippen LogP contribution is 2.32. The number of methoxy groups -OCH3 is 1. The first-order valence-corrected chi connectivity index (χ1v) is 9.63. The van der Waals surface area contributed by atoms with Crippen LogP contribution in [-0.4, -0.2) is 24.6 Å². The molecule has 0 unspecified atom stereocenters. The van der Waals surface area contributed by atoms with E-state index in [4.69, 9.17) is 4.74 Å². The minimum Gasteiger partial charge on any atom is -0.493 e. The second-order valence-corrected chi connectivity index (χ2v) is 7.63. The molecule has 5 nitrogen and oxygen atoms in total. The molecule has 0 aliphatic carbocycles. The predicted molar refractivity (Wildman–Crippen MR) is 109 cm³/mol. The summed E-state index contributed by atoms with van der Waals surface area (Å²) in [6.45, 7) is 0.902. The Balaban J connectivity index is 1.77. The van der Waals surface area contributed by atoms with Gasteiger partial charge in [-0.2, -0.15) is 8.78 Å². The lowest BCUT2D eigenvalue weighted by atomic mass is 10.1. The van der Waals surface area contributed by atoms with Crippen LogP contribution >= 0.6 is 11.3 Å². The van der Waals surface area contributed by atoms with Crippen molar-refractivity contribution in [2.45, 2.75) is 26.9 Å². The van der Waals surface area contributed by atoms with Crippen molar-refractivity contribution in [2.75, 3.05) is 12.4 Å². The molecule has 8 heteroatoms. The maximum absolute atomic E-state index is 12.6. The molecule has 1 heterocycles. The molecule has 1 amide bonds. The second kappa shape index (κ2) is 9.00. The molecule has 0 aliphatic rings. The Morgan fingerprint density at radius 3 is 2.52 bits per heavy atom. The Morgan fingerprint density at radius 1 is 1.14 bits per heavy atom. The number of carbonyl (C=O) groups is 1. The maximum Gasteiger partial charge on any atom is 0.387 e. The van der Waals surface area contributed by atoms with Gasteiger partial charge in [-0.25, -0.2) is 4.98 Å². The molecule has 1 N–H and O–H groups in total. The number of hydrogen-bond donors (Lipinski definition) is 1. The van der Waals surface area contributed by atoms with Crippen LogP contribution in [0.4, 0.5) is 14.5 Å². The van der Waals surface area contributed by atoms with Gasteiger partial charge in [-0.1, -0.05) is 29.8 Å². The number of rotatable bonds is 7. The normalized spacial score (nSPS) is 10.8. The van der Waals surface area contributed by atoms with Gasteiger partial charge in [0.15, 0.2) is 11.5 Å². The van der Waals surface area contributed by atoms with E-state index in [0.717, 1.165) is 26.7 Å². The van der Waals surface area contributed by atoms with Crippen molar-refractivity contribution in [3.8, 4) is 22.8 Å². The van der Waals surface area contributed by atoms with Gasteiger partial charge in [0.05, 0.1) is 24.2 Å². The number of hydrogen-bond acceptors (Lipinski definition) is 5. The molecule has 0 spiro atoms.